The summed E-state index contributed by atoms with van der Waals surface area (Å²) in [6, 6.07) is 48.5. The number of rotatable bonds is 4. The van der Waals surface area contributed by atoms with Gasteiger partial charge in [-0.15, -0.1) is 11.3 Å². The van der Waals surface area contributed by atoms with Crippen LogP contribution in [-0.4, -0.2) is 16.7 Å². The van der Waals surface area contributed by atoms with Gasteiger partial charge in [0, 0.05) is 43.1 Å². The molecule has 1 atom stereocenters. The van der Waals surface area contributed by atoms with Crippen LogP contribution in [0.25, 0.3) is 64.1 Å². The number of pyridine rings is 1. The van der Waals surface area contributed by atoms with Crippen molar-refractivity contribution in [3.8, 4) is 11.1 Å². The summed E-state index contributed by atoms with van der Waals surface area (Å²) in [6.07, 6.45) is 1.48. The smallest absolute Gasteiger partial charge is 0.160 e. The fourth-order valence-electron chi connectivity index (χ4n) is 6.91. The second kappa shape index (κ2) is 10.7. The maximum Gasteiger partial charge on any atom is 0.160 e. The lowest BCUT2D eigenvalue weighted by Crippen LogP contribution is -2.33. The number of fused-ring (bicyclic) bond motifs is 7. The highest BCUT2D eigenvalue weighted by molar-refractivity contribution is 7.26. The Morgan fingerprint density at radius 3 is 2.40 bits per heavy atom. The fourth-order valence-corrected chi connectivity index (χ4v) is 8.13. The third-order valence-corrected chi connectivity index (χ3v) is 10.4. The van der Waals surface area contributed by atoms with E-state index in [4.69, 9.17) is 19.4 Å². The number of amidine groups is 2. The second-order valence-electron chi connectivity index (χ2n) is 12.0. The first-order valence-electron chi connectivity index (χ1n) is 16.0. The summed E-state index contributed by atoms with van der Waals surface area (Å²) in [5.74, 6) is 1.43. The first kappa shape index (κ1) is 27.0. The maximum atomic E-state index is 6.62. The summed E-state index contributed by atoms with van der Waals surface area (Å²) in [7, 11) is 0. The molecule has 1 aliphatic heterocycles. The van der Waals surface area contributed by atoms with Crippen molar-refractivity contribution < 1.29 is 4.42 Å². The zero-order valence-electron chi connectivity index (χ0n) is 25.6. The number of aromatic nitrogens is 1. The monoisotopic (exact) mass is 634 g/mol. The van der Waals surface area contributed by atoms with Gasteiger partial charge in [0.15, 0.2) is 11.4 Å². The Morgan fingerprint density at radius 1 is 0.646 bits per heavy atom. The predicted octanol–water partition coefficient (Wildman–Crippen LogP) is 10.7. The van der Waals surface area contributed by atoms with Gasteiger partial charge in [0.1, 0.15) is 23.1 Å². The Kier molecular flexibility index (Phi) is 6.04. The molecule has 0 spiro atoms. The maximum absolute atomic E-state index is 6.62. The highest BCUT2D eigenvalue weighted by Gasteiger charge is 2.26. The van der Waals surface area contributed by atoms with Crippen LogP contribution in [0.5, 0.6) is 0 Å². The van der Waals surface area contributed by atoms with E-state index in [-0.39, 0.29) is 6.17 Å². The zero-order valence-corrected chi connectivity index (χ0v) is 26.4. The van der Waals surface area contributed by atoms with Gasteiger partial charge >= 0.3 is 0 Å². The number of nitrogens with one attached hydrogen (secondary N) is 1. The van der Waals surface area contributed by atoms with Gasteiger partial charge in [-0.25, -0.2) is 9.98 Å². The van der Waals surface area contributed by atoms with Gasteiger partial charge in [0.2, 0.25) is 0 Å². The van der Waals surface area contributed by atoms with Gasteiger partial charge in [-0.3, -0.25) is 4.98 Å². The second-order valence-corrected chi connectivity index (χ2v) is 13.1. The van der Waals surface area contributed by atoms with Crippen LogP contribution in [0.4, 0.5) is 0 Å². The molecule has 6 aromatic carbocycles. The van der Waals surface area contributed by atoms with E-state index in [1.54, 1.807) is 11.3 Å². The van der Waals surface area contributed by atoms with E-state index in [1.165, 1.54) is 30.9 Å². The lowest BCUT2D eigenvalue weighted by Gasteiger charge is -2.24. The quantitative estimate of drug-likeness (QED) is 0.210. The number of furan rings is 1. The average Bonchev–Trinajstić information content (AvgIpc) is 3.74. The number of aliphatic imine (C=N–C) groups is 2. The molecule has 0 radical (unpaired) electrons. The molecule has 0 aliphatic carbocycles. The van der Waals surface area contributed by atoms with Crippen LogP contribution in [0.15, 0.2) is 160 Å². The Morgan fingerprint density at radius 2 is 1.46 bits per heavy atom. The Bertz CT molecular complexity index is 2780. The molecule has 10 rings (SSSR count). The van der Waals surface area contributed by atoms with Gasteiger partial charge in [-0.2, -0.15) is 0 Å². The molecule has 6 heteroatoms. The molecule has 1 aliphatic rings. The summed E-state index contributed by atoms with van der Waals surface area (Å²) in [4.78, 5) is 15.4. The van der Waals surface area contributed by atoms with E-state index in [1.807, 2.05) is 24.4 Å². The molecule has 0 bridgehead atoms. The van der Waals surface area contributed by atoms with Crippen LogP contribution in [0, 0.1) is 0 Å². The van der Waals surface area contributed by atoms with Gasteiger partial charge < -0.3 is 9.73 Å². The Hall–Kier alpha value is -6.11. The molecule has 0 amide bonds. The summed E-state index contributed by atoms with van der Waals surface area (Å²) < 4.78 is 9.07. The third kappa shape index (κ3) is 4.27. The minimum atomic E-state index is -0.334. The standard InChI is InChI=1S/C42H26N4OS/c1-2-11-26(12-3-1)40-44-41(46-42(45-40)33-16-8-15-31-30-14-6-7-18-35(30)48-39(31)33)32-22-21-29(28-20-19-25-10-4-5-13-27(25)24-28)38-36(32)37-34(47-38)17-9-23-43-37/h1-24,40H,(H,44,45,46). The van der Waals surface area contributed by atoms with Gasteiger partial charge in [-0.05, 0) is 64.4 Å². The van der Waals surface area contributed by atoms with Crippen molar-refractivity contribution in [2.45, 2.75) is 6.17 Å². The van der Waals surface area contributed by atoms with E-state index >= 15 is 0 Å². The van der Waals surface area contributed by atoms with Crippen molar-refractivity contribution >= 4 is 76.0 Å². The van der Waals surface area contributed by atoms with Crippen molar-refractivity contribution in [2.75, 3.05) is 0 Å². The summed E-state index contributed by atoms with van der Waals surface area (Å²) in [5.41, 5.74) is 7.39. The number of nitrogens with zero attached hydrogens (tertiary/aromatic N) is 3. The lowest BCUT2D eigenvalue weighted by molar-refractivity contribution is 0.668. The summed E-state index contributed by atoms with van der Waals surface area (Å²) >= 11 is 1.80. The highest BCUT2D eigenvalue weighted by Crippen LogP contribution is 2.40. The predicted molar refractivity (Wildman–Crippen MR) is 199 cm³/mol. The van der Waals surface area contributed by atoms with Crippen LogP contribution in [0.3, 0.4) is 0 Å². The minimum absolute atomic E-state index is 0.334. The molecule has 1 unspecified atom stereocenters. The fraction of sp³-hybridized carbons (Fsp3) is 0.0238. The molecule has 9 aromatic rings. The molecule has 0 saturated heterocycles. The highest BCUT2D eigenvalue weighted by atomic mass is 32.1. The molecule has 48 heavy (non-hydrogen) atoms. The van der Waals surface area contributed by atoms with Crippen LogP contribution in [0.1, 0.15) is 22.9 Å². The molecular formula is C42H26N4OS. The van der Waals surface area contributed by atoms with E-state index in [0.717, 1.165) is 55.7 Å². The first-order chi connectivity index (χ1) is 23.8. The molecule has 226 valence electrons. The van der Waals surface area contributed by atoms with Crippen LogP contribution >= 0.6 is 11.3 Å². The van der Waals surface area contributed by atoms with E-state index in [2.05, 4.69) is 127 Å². The lowest BCUT2D eigenvalue weighted by atomic mass is 9.97. The number of hydrogen-bond donors (Lipinski definition) is 1. The van der Waals surface area contributed by atoms with Crippen LogP contribution in [0.2, 0.25) is 0 Å². The largest absolute Gasteiger partial charge is 0.454 e. The molecule has 0 saturated carbocycles. The molecule has 4 heterocycles. The summed E-state index contributed by atoms with van der Waals surface area (Å²) in [5, 5.41) is 9.46. The van der Waals surface area contributed by atoms with Gasteiger partial charge in [0.25, 0.3) is 0 Å². The SMILES string of the molecule is c1ccc(C2N=C(c3ccc(-c4ccc5ccccc5c4)c4oc5cccnc5c34)N=C(c3cccc4c3sc3ccccc34)N2)cc1. The van der Waals surface area contributed by atoms with Crippen molar-refractivity contribution in [3.63, 3.8) is 0 Å². The first-order valence-corrected chi connectivity index (χ1v) is 16.8. The average molecular weight is 635 g/mol. The summed E-state index contributed by atoms with van der Waals surface area (Å²) in [6.45, 7) is 0. The Balaban J connectivity index is 1.21. The topological polar surface area (TPSA) is 62.8 Å². The molecule has 5 nitrogen and oxygen atoms in total. The van der Waals surface area contributed by atoms with Crippen molar-refractivity contribution in [1.29, 1.82) is 0 Å². The van der Waals surface area contributed by atoms with Gasteiger partial charge in [0.05, 0.1) is 5.39 Å². The van der Waals surface area contributed by atoms with Crippen molar-refractivity contribution in [3.05, 3.63) is 162 Å². The minimum Gasteiger partial charge on any atom is -0.454 e. The number of hydrogen-bond acceptors (Lipinski definition) is 6. The zero-order chi connectivity index (χ0) is 31.6. The Labute approximate surface area is 279 Å². The molecule has 1 N–H and O–H groups in total. The van der Waals surface area contributed by atoms with Crippen LogP contribution in [-0.2, 0) is 0 Å². The number of benzene rings is 6. The normalized spacial score (nSPS) is 14.9. The van der Waals surface area contributed by atoms with Crippen molar-refractivity contribution in [2.24, 2.45) is 9.98 Å². The van der Waals surface area contributed by atoms with E-state index < -0.39 is 0 Å². The van der Waals surface area contributed by atoms with Gasteiger partial charge in [-0.1, -0.05) is 97.1 Å². The van der Waals surface area contributed by atoms with E-state index in [9.17, 15) is 0 Å². The molecular weight excluding hydrogens is 609 g/mol. The van der Waals surface area contributed by atoms with Crippen LogP contribution < -0.4 is 5.32 Å². The number of thiophene rings is 1. The molecule has 3 aromatic heterocycles. The molecule has 0 fully saturated rings. The van der Waals surface area contributed by atoms with Crippen molar-refractivity contribution in [1.82, 2.24) is 10.3 Å². The third-order valence-electron chi connectivity index (χ3n) is 9.20. The van der Waals surface area contributed by atoms with E-state index in [0.29, 0.717) is 5.84 Å².